The van der Waals surface area contributed by atoms with Crippen LogP contribution in [0.3, 0.4) is 0 Å². The lowest BCUT2D eigenvalue weighted by Crippen LogP contribution is -2.33. The number of nitrogens with one attached hydrogen (secondary N) is 1. The third kappa shape index (κ3) is 5.29. The fraction of sp³-hybridized carbons (Fsp3) is 0.440. The molecule has 0 radical (unpaired) electrons. The van der Waals surface area contributed by atoms with Crippen molar-refractivity contribution in [3.05, 3.63) is 68.4 Å². The second-order valence-electron chi connectivity index (χ2n) is 8.84. The van der Waals surface area contributed by atoms with E-state index in [9.17, 15) is 4.79 Å². The topological polar surface area (TPSA) is 98.2 Å². The van der Waals surface area contributed by atoms with E-state index in [0.29, 0.717) is 25.2 Å². The number of fused-ring (bicyclic) bond motifs is 1. The molecule has 35 heavy (non-hydrogen) atoms. The highest BCUT2D eigenvalue weighted by Crippen LogP contribution is 2.28. The molecule has 0 spiro atoms. The number of aromatic amines is 1. The van der Waals surface area contributed by atoms with Crippen LogP contribution < -0.4 is 10.3 Å². The minimum atomic E-state index is -0.0901. The number of methoxy groups -OCH3 is 1. The summed E-state index contributed by atoms with van der Waals surface area (Å²) in [6.07, 6.45) is 3.03. The van der Waals surface area contributed by atoms with E-state index >= 15 is 0 Å². The number of benzene rings is 1. The van der Waals surface area contributed by atoms with Gasteiger partial charge in [-0.3, -0.25) is 9.69 Å². The molecule has 0 saturated carbocycles. The molecule has 1 fully saturated rings. The molecule has 0 bridgehead atoms. The molecule has 2 unspecified atom stereocenters. The van der Waals surface area contributed by atoms with Crippen LogP contribution in [0, 0.1) is 0 Å². The van der Waals surface area contributed by atoms with Crippen LogP contribution in [0.25, 0.3) is 10.9 Å². The van der Waals surface area contributed by atoms with Gasteiger partial charge in [0.05, 0.1) is 25.8 Å². The van der Waals surface area contributed by atoms with Crippen LogP contribution in [0.15, 0.2) is 46.6 Å². The zero-order valence-electron chi connectivity index (χ0n) is 20.0. The van der Waals surface area contributed by atoms with Crippen molar-refractivity contribution >= 4 is 22.2 Å². The highest BCUT2D eigenvalue weighted by molar-refractivity contribution is 7.09. The number of rotatable bonds is 10. The minimum Gasteiger partial charge on any atom is -0.497 e. The number of hydrogen-bond acceptors (Lipinski definition) is 8. The van der Waals surface area contributed by atoms with Gasteiger partial charge in [-0.15, -0.1) is 16.4 Å². The van der Waals surface area contributed by atoms with E-state index in [-0.39, 0.29) is 17.7 Å². The molecule has 1 aromatic carbocycles. The first-order valence-electron chi connectivity index (χ1n) is 12.0. The van der Waals surface area contributed by atoms with Crippen molar-refractivity contribution in [3.8, 4) is 5.75 Å². The molecule has 10 heteroatoms. The average molecular weight is 495 g/mol. The fourth-order valence-corrected chi connectivity index (χ4v) is 5.47. The highest BCUT2D eigenvalue weighted by atomic mass is 32.1. The number of tetrazole rings is 1. The Morgan fingerprint density at radius 2 is 2.23 bits per heavy atom. The zero-order valence-corrected chi connectivity index (χ0v) is 20.8. The Bertz CT molecular complexity index is 1310. The van der Waals surface area contributed by atoms with Gasteiger partial charge in [0.25, 0.3) is 5.56 Å². The number of nitrogens with zero attached hydrogens (tertiary/aromatic N) is 5. The monoisotopic (exact) mass is 494 g/mol. The molecule has 0 amide bonds. The largest absolute Gasteiger partial charge is 0.497 e. The van der Waals surface area contributed by atoms with E-state index in [2.05, 4.69) is 49.8 Å². The normalized spacial score (nSPS) is 16.8. The molecule has 1 N–H and O–H groups in total. The van der Waals surface area contributed by atoms with Crippen LogP contribution in [0.4, 0.5) is 0 Å². The van der Waals surface area contributed by atoms with Gasteiger partial charge in [-0.1, -0.05) is 13.0 Å². The first-order valence-corrected chi connectivity index (χ1v) is 12.9. The third-order valence-corrected chi connectivity index (χ3v) is 7.39. The fourth-order valence-electron chi connectivity index (χ4n) is 4.74. The summed E-state index contributed by atoms with van der Waals surface area (Å²) in [5.41, 5.74) is 1.39. The van der Waals surface area contributed by atoms with Crippen LogP contribution >= 0.6 is 11.3 Å². The molecule has 1 aliphatic heterocycles. The van der Waals surface area contributed by atoms with Gasteiger partial charge in [0.15, 0.2) is 5.82 Å². The molecule has 3 aromatic heterocycles. The molecule has 5 rings (SSSR count). The number of aromatic nitrogens is 5. The van der Waals surface area contributed by atoms with E-state index < -0.39 is 0 Å². The SMILES string of the molecule is CCC(c1nnnn1CC1CCCO1)N(Cc1cccs1)Cc1cc2cc(OC)ccc2[nH]c1=O. The summed E-state index contributed by atoms with van der Waals surface area (Å²) in [4.78, 5) is 19.6. The molecule has 1 aliphatic rings. The maximum atomic E-state index is 13.0. The quantitative estimate of drug-likeness (QED) is 0.357. The standard InChI is InChI=1S/C25H30N6O3S/c1-3-23(24-27-28-29-31(24)15-20-6-4-10-34-20)30(16-21-7-5-11-35-21)14-18-12-17-13-19(33-2)8-9-22(17)26-25(18)32/h5,7-9,11-13,20,23H,3-4,6,10,14-16H2,1-2H3,(H,26,32). The summed E-state index contributed by atoms with van der Waals surface area (Å²) >= 11 is 1.71. The number of thiophene rings is 1. The van der Waals surface area contributed by atoms with Gasteiger partial charge in [-0.05, 0) is 65.4 Å². The van der Waals surface area contributed by atoms with Crippen LogP contribution in [-0.4, -0.2) is 49.9 Å². The molecule has 1 saturated heterocycles. The maximum absolute atomic E-state index is 13.0. The van der Waals surface area contributed by atoms with Gasteiger partial charge < -0.3 is 14.5 Å². The summed E-state index contributed by atoms with van der Waals surface area (Å²) in [5.74, 6) is 1.56. The van der Waals surface area contributed by atoms with Crippen LogP contribution in [0.2, 0.25) is 0 Å². The van der Waals surface area contributed by atoms with Crippen molar-refractivity contribution < 1.29 is 9.47 Å². The van der Waals surface area contributed by atoms with Gasteiger partial charge in [0.1, 0.15) is 5.75 Å². The number of pyridine rings is 1. The van der Waals surface area contributed by atoms with Crippen LogP contribution in [0.1, 0.15) is 48.5 Å². The molecule has 184 valence electrons. The van der Waals surface area contributed by atoms with Gasteiger partial charge in [-0.25, -0.2) is 4.68 Å². The lowest BCUT2D eigenvalue weighted by molar-refractivity contribution is 0.0889. The Labute approximate surface area is 207 Å². The summed E-state index contributed by atoms with van der Waals surface area (Å²) in [6.45, 7) is 4.72. The predicted octanol–water partition coefficient (Wildman–Crippen LogP) is 3.92. The van der Waals surface area contributed by atoms with Gasteiger partial charge in [-0.2, -0.15) is 0 Å². The Balaban J connectivity index is 1.48. The molecule has 2 atom stereocenters. The number of hydrogen-bond donors (Lipinski definition) is 1. The first-order chi connectivity index (χ1) is 17.1. The van der Waals surface area contributed by atoms with Crippen LogP contribution in [0.5, 0.6) is 5.75 Å². The van der Waals surface area contributed by atoms with Crippen molar-refractivity contribution in [1.29, 1.82) is 0 Å². The molecular weight excluding hydrogens is 464 g/mol. The van der Waals surface area contributed by atoms with Crippen molar-refractivity contribution in [3.63, 3.8) is 0 Å². The lowest BCUT2D eigenvalue weighted by Gasteiger charge is -2.30. The molecule has 4 heterocycles. The Morgan fingerprint density at radius 3 is 2.97 bits per heavy atom. The smallest absolute Gasteiger partial charge is 0.252 e. The van der Waals surface area contributed by atoms with E-state index in [0.717, 1.165) is 48.3 Å². The summed E-state index contributed by atoms with van der Waals surface area (Å²) < 4.78 is 13.1. The summed E-state index contributed by atoms with van der Waals surface area (Å²) in [5, 5.41) is 15.7. The lowest BCUT2D eigenvalue weighted by atomic mass is 10.1. The first kappa shape index (κ1) is 23.7. The zero-order chi connectivity index (χ0) is 24.2. The third-order valence-electron chi connectivity index (χ3n) is 6.53. The van der Waals surface area contributed by atoms with Gasteiger partial charge in [0.2, 0.25) is 0 Å². The molecule has 9 nitrogen and oxygen atoms in total. The summed E-state index contributed by atoms with van der Waals surface area (Å²) in [7, 11) is 1.64. The minimum absolute atomic E-state index is 0.0612. The number of H-pyrrole nitrogens is 1. The maximum Gasteiger partial charge on any atom is 0.252 e. The van der Waals surface area contributed by atoms with Crippen LogP contribution in [-0.2, 0) is 24.4 Å². The molecule has 4 aromatic rings. The van der Waals surface area contributed by atoms with E-state index in [1.165, 1.54) is 4.88 Å². The highest BCUT2D eigenvalue weighted by Gasteiger charge is 2.28. The Kier molecular flexibility index (Phi) is 7.21. The Hall–Kier alpha value is -3.08. The van der Waals surface area contributed by atoms with Gasteiger partial charge in [0, 0.05) is 41.0 Å². The number of ether oxygens (including phenoxy) is 2. The van der Waals surface area contributed by atoms with Crippen molar-refractivity contribution in [2.75, 3.05) is 13.7 Å². The Morgan fingerprint density at radius 1 is 1.31 bits per heavy atom. The van der Waals surface area contributed by atoms with Gasteiger partial charge >= 0.3 is 0 Å². The van der Waals surface area contributed by atoms with E-state index in [1.54, 1.807) is 18.4 Å². The second kappa shape index (κ2) is 10.7. The van der Waals surface area contributed by atoms with Crippen molar-refractivity contribution in [2.45, 2.75) is 58.0 Å². The summed E-state index contributed by atoms with van der Waals surface area (Å²) in [6, 6.07) is 11.7. The van der Waals surface area contributed by atoms with E-state index in [4.69, 9.17) is 9.47 Å². The van der Waals surface area contributed by atoms with Crippen molar-refractivity contribution in [2.24, 2.45) is 0 Å². The second-order valence-corrected chi connectivity index (χ2v) is 9.87. The van der Waals surface area contributed by atoms with Crippen molar-refractivity contribution in [1.82, 2.24) is 30.1 Å². The molecular formula is C25H30N6O3S. The molecule has 0 aliphatic carbocycles. The average Bonchev–Trinajstić information content (AvgIpc) is 3.65. The van der Waals surface area contributed by atoms with E-state index in [1.807, 2.05) is 28.9 Å². The predicted molar refractivity (Wildman–Crippen MR) is 135 cm³/mol.